The first-order valence-corrected chi connectivity index (χ1v) is 4.75. The Kier molecular flexibility index (Phi) is 2.24. The number of rotatable bonds is 2. The van der Waals surface area contributed by atoms with E-state index in [-0.39, 0.29) is 12.3 Å². The Morgan fingerprint density at radius 3 is 3.15 bits per heavy atom. The van der Waals surface area contributed by atoms with E-state index in [1.807, 2.05) is 0 Å². The maximum absolute atomic E-state index is 11.2. The van der Waals surface area contributed by atoms with E-state index in [1.165, 1.54) is 11.5 Å². The average Bonchev–Trinajstić information content (AvgIpc) is 2.63. The highest BCUT2D eigenvalue weighted by Crippen LogP contribution is 2.15. The molecule has 70 valence electrons. The Bertz CT molecular complexity index is 301. The summed E-state index contributed by atoms with van der Waals surface area (Å²) in [6, 6.07) is 0. The van der Waals surface area contributed by atoms with Crippen molar-refractivity contribution < 1.29 is 9.90 Å². The fraction of sp³-hybridized carbons (Fsp3) is 0.571. The highest BCUT2D eigenvalue weighted by atomic mass is 32.1. The van der Waals surface area contributed by atoms with Crippen molar-refractivity contribution in [3.63, 3.8) is 0 Å². The number of hydrogen-bond acceptors (Lipinski definition) is 5. The van der Waals surface area contributed by atoms with Gasteiger partial charge in [0.2, 0.25) is 5.91 Å². The van der Waals surface area contributed by atoms with Gasteiger partial charge in [-0.25, -0.2) is 0 Å². The quantitative estimate of drug-likeness (QED) is 0.705. The molecule has 1 aromatic rings. The summed E-state index contributed by atoms with van der Waals surface area (Å²) in [7, 11) is 0. The highest BCUT2D eigenvalue weighted by molar-refractivity contribution is 7.05. The highest BCUT2D eigenvalue weighted by Gasteiger charge is 2.27. The molecule has 1 saturated heterocycles. The minimum absolute atomic E-state index is 0.000833. The van der Waals surface area contributed by atoms with E-state index in [0.717, 1.165) is 4.88 Å². The van der Waals surface area contributed by atoms with Crippen LogP contribution in [-0.4, -0.2) is 38.1 Å². The molecular formula is C7H9N3O2S. The van der Waals surface area contributed by atoms with Crippen molar-refractivity contribution in [2.75, 3.05) is 6.54 Å². The molecule has 0 saturated carbocycles. The maximum atomic E-state index is 11.2. The number of carbonyl (C=O) groups is 1. The van der Waals surface area contributed by atoms with Gasteiger partial charge in [0.1, 0.15) is 0 Å². The van der Waals surface area contributed by atoms with Crippen LogP contribution in [0.2, 0.25) is 0 Å². The predicted molar refractivity (Wildman–Crippen MR) is 45.9 cm³/mol. The van der Waals surface area contributed by atoms with Gasteiger partial charge in [-0.2, -0.15) is 0 Å². The SMILES string of the molecule is O=C1CC(O)CN1Cc1cnns1. The monoisotopic (exact) mass is 199 g/mol. The van der Waals surface area contributed by atoms with E-state index in [2.05, 4.69) is 9.59 Å². The van der Waals surface area contributed by atoms with Gasteiger partial charge in [-0.3, -0.25) is 4.79 Å². The van der Waals surface area contributed by atoms with E-state index in [9.17, 15) is 9.90 Å². The van der Waals surface area contributed by atoms with Gasteiger partial charge in [0.25, 0.3) is 0 Å². The molecule has 6 heteroatoms. The fourth-order valence-corrected chi connectivity index (χ4v) is 1.86. The smallest absolute Gasteiger partial charge is 0.225 e. The van der Waals surface area contributed by atoms with Crippen molar-refractivity contribution in [1.29, 1.82) is 0 Å². The van der Waals surface area contributed by atoms with E-state index in [0.29, 0.717) is 13.1 Å². The molecule has 2 rings (SSSR count). The van der Waals surface area contributed by atoms with Gasteiger partial charge >= 0.3 is 0 Å². The minimum Gasteiger partial charge on any atom is -0.391 e. The molecule has 1 unspecified atom stereocenters. The zero-order chi connectivity index (χ0) is 9.26. The second-order valence-corrected chi connectivity index (χ2v) is 3.89. The van der Waals surface area contributed by atoms with Crippen molar-refractivity contribution in [2.45, 2.75) is 19.1 Å². The van der Waals surface area contributed by atoms with Gasteiger partial charge in [-0.1, -0.05) is 4.49 Å². The van der Waals surface area contributed by atoms with Crippen molar-refractivity contribution in [1.82, 2.24) is 14.5 Å². The molecule has 0 spiro atoms. The number of β-amino-alcohol motifs (C(OH)–C–C–N with tert-alkyl or cyclic N) is 1. The zero-order valence-electron chi connectivity index (χ0n) is 6.88. The van der Waals surface area contributed by atoms with Crippen molar-refractivity contribution >= 4 is 17.4 Å². The molecule has 0 bridgehead atoms. The molecule has 2 heterocycles. The van der Waals surface area contributed by atoms with Gasteiger partial charge in [0.05, 0.1) is 30.1 Å². The number of aliphatic hydroxyl groups is 1. The molecule has 0 aliphatic carbocycles. The first-order valence-electron chi connectivity index (χ1n) is 3.98. The van der Waals surface area contributed by atoms with E-state index >= 15 is 0 Å². The van der Waals surface area contributed by atoms with Crippen LogP contribution in [-0.2, 0) is 11.3 Å². The third-order valence-corrected chi connectivity index (χ3v) is 2.59. The third kappa shape index (κ3) is 1.84. The molecule has 1 atom stereocenters. The van der Waals surface area contributed by atoms with Crippen LogP contribution in [0.15, 0.2) is 6.20 Å². The van der Waals surface area contributed by atoms with E-state index < -0.39 is 6.10 Å². The van der Waals surface area contributed by atoms with Gasteiger partial charge < -0.3 is 10.0 Å². The number of nitrogens with zero attached hydrogens (tertiary/aromatic N) is 3. The summed E-state index contributed by atoms with van der Waals surface area (Å²) in [5.41, 5.74) is 0. The van der Waals surface area contributed by atoms with Crippen LogP contribution in [0.3, 0.4) is 0 Å². The van der Waals surface area contributed by atoms with Gasteiger partial charge in [-0.05, 0) is 11.5 Å². The van der Waals surface area contributed by atoms with Crippen LogP contribution < -0.4 is 0 Å². The molecule has 1 aromatic heterocycles. The Morgan fingerprint density at radius 2 is 2.62 bits per heavy atom. The zero-order valence-corrected chi connectivity index (χ0v) is 7.70. The lowest BCUT2D eigenvalue weighted by molar-refractivity contribution is -0.128. The first kappa shape index (κ1) is 8.58. The Morgan fingerprint density at radius 1 is 1.77 bits per heavy atom. The molecule has 1 amide bonds. The van der Waals surface area contributed by atoms with Crippen LogP contribution in [0, 0.1) is 0 Å². The van der Waals surface area contributed by atoms with Gasteiger partial charge in [-0.15, -0.1) is 5.10 Å². The maximum Gasteiger partial charge on any atom is 0.225 e. The molecule has 1 N–H and O–H groups in total. The average molecular weight is 199 g/mol. The summed E-state index contributed by atoms with van der Waals surface area (Å²) >= 11 is 1.28. The van der Waals surface area contributed by atoms with E-state index in [4.69, 9.17) is 0 Å². The molecule has 1 aliphatic rings. The van der Waals surface area contributed by atoms with Crippen molar-refractivity contribution in [2.24, 2.45) is 0 Å². The van der Waals surface area contributed by atoms with Crippen molar-refractivity contribution in [3.05, 3.63) is 11.1 Å². The number of carbonyl (C=O) groups excluding carboxylic acids is 1. The Balaban J connectivity index is 1.99. The second kappa shape index (κ2) is 3.39. The molecular weight excluding hydrogens is 190 g/mol. The Hall–Kier alpha value is -1.01. The van der Waals surface area contributed by atoms with Crippen LogP contribution in [0.1, 0.15) is 11.3 Å². The molecule has 1 fully saturated rings. The second-order valence-electron chi connectivity index (χ2n) is 3.02. The summed E-state index contributed by atoms with van der Waals surface area (Å²) in [6.45, 7) is 0.949. The van der Waals surface area contributed by atoms with Crippen molar-refractivity contribution in [3.8, 4) is 0 Å². The lowest BCUT2D eigenvalue weighted by Gasteiger charge is -2.12. The minimum atomic E-state index is -0.506. The summed E-state index contributed by atoms with van der Waals surface area (Å²) < 4.78 is 3.70. The number of amides is 1. The number of aliphatic hydroxyl groups excluding tert-OH is 1. The summed E-state index contributed by atoms with van der Waals surface area (Å²) in [6.07, 6.45) is 1.38. The normalized spacial score (nSPS) is 22.7. The number of hydrogen-bond donors (Lipinski definition) is 1. The summed E-state index contributed by atoms with van der Waals surface area (Å²) in [4.78, 5) is 13.8. The fourth-order valence-electron chi connectivity index (χ4n) is 1.35. The van der Waals surface area contributed by atoms with Gasteiger partial charge in [0, 0.05) is 6.54 Å². The first-order chi connectivity index (χ1) is 6.25. The summed E-state index contributed by atoms with van der Waals surface area (Å²) in [5.74, 6) is 0.000833. The molecule has 1 aliphatic heterocycles. The third-order valence-electron chi connectivity index (χ3n) is 1.95. The lowest BCUT2D eigenvalue weighted by Crippen LogP contribution is -2.24. The van der Waals surface area contributed by atoms with Crippen LogP contribution in [0.4, 0.5) is 0 Å². The van der Waals surface area contributed by atoms with Crippen LogP contribution in [0.5, 0.6) is 0 Å². The number of likely N-dealkylation sites (tertiary alicyclic amines) is 1. The molecule has 5 nitrogen and oxygen atoms in total. The molecule has 13 heavy (non-hydrogen) atoms. The predicted octanol–water partition coefficient (Wildman–Crippen LogP) is -0.369. The van der Waals surface area contributed by atoms with E-state index in [1.54, 1.807) is 11.1 Å². The van der Waals surface area contributed by atoms with Crippen LogP contribution >= 0.6 is 11.5 Å². The van der Waals surface area contributed by atoms with Gasteiger partial charge in [0.15, 0.2) is 0 Å². The molecule has 0 radical (unpaired) electrons. The standard InChI is InChI=1S/C7H9N3O2S/c11-5-1-7(12)10(3-5)4-6-2-8-9-13-6/h2,5,11H,1,3-4H2. The molecule has 0 aromatic carbocycles. The van der Waals surface area contributed by atoms with Crippen LogP contribution in [0.25, 0.3) is 0 Å². The topological polar surface area (TPSA) is 66.3 Å². The summed E-state index contributed by atoms with van der Waals surface area (Å²) in [5, 5.41) is 12.9. The lowest BCUT2D eigenvalue weighted by atomic mass is 10.3. The Labute approximate surface area is 79.2 Å². The largest absolute Gasteiger partial charge is 0.391 e. The number of aromatic nitrogens is 2.